The minimum Gasteiger partial charge on any atom is -0.491 e. The molecule has 1 unspecified atom stereocenters. The molecule has 0 aliphatic carbocycles. The average molecular weight is 263 g/mol. The van der Waals surface area contributed by atoms with Crippen LogP contribution in [0.15, 0.2) is 29.8 Å². The summed E-state index contributed by atoms with van der Waals surface area (Å²) in [6.45, 7) is 5.89. The summed E-state index contributed by atoms with van der Waals surface area (Å²) in [4.78, 5) is 5.05. The minimum atomic E-state index is -0.606. The largest absolute Gasteiger partial charge is 0.491 e. The Morgan fingerprint density at radius 3 is 2.39 bits per heavy atom. The second-order valence-electron chi connectivity index (χ2n) is 4.44. The lowest BCUT2D eigenvalue weighted by Crippen LogP contribution is -2.05. The Kier molecular flexibility index (Phi) is 3.99. The molecule has 2 aromatic rings. The van der Waals surface area contributed by atoms with E-state index in [2.05, 4.69) is 4.98 Å². The van der Waals surface area contributed by atoms with Crippen LogP contribution in [0.4, 0.5) is 0 Å². The van der Waals surface area contributed by atoms with E-state index in [-0.39, 0.29) is 6.10 Å². The highest BCUT2D eigenvalue weighted by Gasteiger charge is 2.15. The van der Waals surface area contributed by atoms with Crippen LogP contribution in [-0.4, -0.2) is 16.2 Å². The number of aryl methyl sites for hydroxylation is 1. The van der Waals surface area contributed by atoms with E-state index in [1.165, 1.54) is 11.3 Å². The van der Waals surface area contributed by atoms with Crippen molar-refractivity contribution >= 4 is 11.3 Å². The van der Waals surface area contributed by atoms with E-state index in [1.807, 2.05) is 45.0 Å². The minimum absolute atomic E-state index is 0.157. The lowest BCUT2D eigenvalue weighted by Gasteiger charge is -2.12. The molecule has 4 heteroatoms. The van der Waals surface area contributed by atoms with Gasteiger partial charge in [0.25, 0.3) is 0 Å². The Hall–Kier alpha value is -1.39. The monoisotopic (exact) mass is 263 g/mol. The van der Waals surface area contributed by atoms with Gasteiger partial charge in [-0.3, -0.25) is 0 Å². The van der Waals surface area contributed by atoms with Crippen molar-refractivity contribution in [3.05, 3.63) is 45.9 Å². The van der Waals surface area contributed by atoms with Gasteiger partial charge in [0.05, 0.1) is 22.2 Å². The maximum absolute atomic E-state index is 10.3. The van der Waals surface area contributed by atoms with E-state index in [0.717, 1.165) is 21.9 Å². The van der Waals surface area contributed by atoms with Gasteiger partial charge in [-0.25, -0.2) is 4.98 Å². The molecule has 0 amide bonds. The second kappa shape index (κ2) is 5.50. The molecule has 0 radical (unpaired) electrons. The molecule has 1 aromatic carbocycles. The number of rotatable bonds is 4. The van der Waals surface area contributed by atoms with E-state index in [9.17, 15) is 5.11 Å². The zero-order valence-electron chi connectivity index (χ0n) is 10.8. The molecule has 0 aliphatic rings. The van der Waals surface area contributed by atoms with Crippen LogP contribution >= 0.6 is 11.3 Å². The Labute approximate surface area is 111 Å². The number of aliphatic hydroxyl groups is 1. The summed E-state index contributed by atoms with van der Waals surface area (Å²) in [5.74, 6) is 0.821. The van der Waals surface area contributed by atoms with Crippen LogP contribution in [0, 0.1) is 6.92 Å². The molecule has 96 valence electrons. The van der Waals surface area contributed by atoms with Gasteiger partial charge in [-0.05, 0) is 38.5 Å². The van der Waals surface area contributed by atoms with E-state index in [0.29, 0.717) is 0 Å². The molecule has 3 nitrogen and oxygen atoms in total. The van der Waals surface area contributed by atoms with E-state index < -0.39 is 6.10 Å². The molecule has 0 saturated heterocycles. The smallest absolute Gasteiger partial charge is 0.119 e. The molecule has 2 rings (SSSR count). The van der Waals surface area contributed by atoms with Gasteiger partial charge < -0.3 is 9.84 Å². The van der Waals surface area contributed by atoms with Crippen LogP contribution < -0.4 is 4.74 Å². The van der Waals surface area contributed by atoms with Gasteiger partial charge in [-0.1, -0.05) is 12.1 Å². The van der Waals surface area contributed by atoms with Gasteiger partial charge in [0.2, 0.25) is 0 Å². The normalized spacial score (nSPS) is 12.7. The zero-order valence-corrected chi connectivity index (χ0v) is 11.6. The maximum atomic E-state index is 10.3. The highest BCUT2D eigenvalue weighted by molar-refractivity contribution is 7.09. The SMILES string of the molecule is Cc1ncsc1C(O)c1ccc(OC(C)C)cc1. The van der Waals surface area contributed by atoms with Crippen molar-refractivity contribution in [2.45, 2.75) is 33.0 Å². The third-order valence-electron chi connectivity index (χ3n) is 2.60. The Bertz CT molecular complexity index is 505. The number of aliphatic hydroxyl groups excluding tert-OH is 1. The Morgan fingerprint density at radius 2 is 1.89 bits per heavy atom. The maximum Gasteiger partial charge on any atom is 0.119 e. The van der Waals surface area contributed by atoms with Crippen LogP contribution in [0.1, 0.15) is 36.1 Å². The molecule has 0 fully saturated rings. The van der Waals surface area contributed by atoms with Crippen molar-refractivity contribution in [3.63, 3.8) is 0 Å². The van der Waals surface area contributed by atoms with Crippen LogP contribution in [0.2, 0.25) is 0 Å². The van der Waals surface area contributed by atoms with E-state index in [4.69, 9.17) is 4.74 Å². The summed E-state index contributed by atoms with van der Waals surface area (Å²) in [7, 11) is 0. The summed E-state index contributed by atoms with van der Waals surface area (Å²) in [6, 6.07) is 7.55. The van der Waals surface area contributed by atoms with Crippen molar-refractivity contribution in [3.8, 4) is 5.75 Å². The quantitative estimate of drug-likeness (QED) is 0.920. The van der Waals surface area contributed by atoms with Crippen LogP contribution in [0.25, 0.3) is 0 Å². The third kappa shape index (κ3) is 2.89. The molecule has 1 N–H and O–H groups in total. The lowest BCUT2D eigenvalue weighted by molar-refractivity contribution is 0.222. The fraction of sp³-hybridized carbons (Fsp3) is 0.357. The number of thiazole rings is 1. The van der Waals surface area contributed by atoms with Crippen LogP contribution in [0.3, 0.4) is 0 Å². The molecule has 0 saturated carbocycles. The Balaban J connectivity index is 2.17. The molecule has 1 atom stereocenters. The molecular formula is C14H17NO2S. The standard InChI is InChI=1S/C14H17NO2S/c1-9(2)17-12-6-4-11(5-7-12)13(16)14-10(3)15-8-18-14/h4-9,13,16H,1-3H3. The predicted molar refractivity (Wildman–Crippen MR) is 73.1 cm³/mol. The fourth-order valence-electron chi connectivity index (χ4n) is 1.73. The highest BCUT2D eigenvalue weighted by atomic mass is 32.1. The van der Waals surface area contributed by atoms with Gasteiger partial charge >= 0.3 is 0 Å². The summed E-state index contributed by atoms with van der Waals surface area (Å²) in [6.07, 6.45) is -0.449. The first kappa shape index (κ1) is 13.1. The number of ether oxygens (including phenoxy) is 1. The van der Waals surface area contributed by atoms with Gasteiger partial charge in [0.1, 0.15) is 11.9 Å². The topological polar surface area (TPSA) is 42.4 Å². The van der Waals surface area contributed by atoms with Gasteiger partial charge in [-0.15, -0.1) is 11.3 Å². The van der Waals surface area contributed by atoms with Crippen molar-refractivity contribution < 1.29 is 9.84 Å². The highest BCUT2D eigenvalue weighted by Crippen LogP contribution is 2.28. The molecule has 1 aromatic heterocycles. The molecule has 0 aliphatic heterocycles. The summed E-state index contributed by atoms with van der Waals surface area (Å²) in [5.41, 5.74) is 3.50. The van der Waals surface area contributed by atoms with Crippen molar-refractivity contribution in [1.29, 1.82) is 0 Å². The molecule has 18 heavy (non-hydrogen) atoms. The first-order chi connectivity index (χ1) is 8.58. The summed E-state index contributed by atoms with van der Waals surface area (Å²) in [5, 5.41) is 10.3. The molecule has 0 spiro atoms. The predicted octanol–water partition coefficient (Wildman–Crippen LogP) is 3.32. The van der Waals surface area contributed by atoms with Gasteiger partial charge in [0.15, 0.2) is 0 Å². The van der Waals surface area contributed by atoms with Gasteiger partial charge in [0, 0.05) is 0 Å². The number of hydrogen-bond donors (Lipinski definition) is 1. The lowest BCUT2D eigenvalue weighted by atomic mass is 10.1. The number of aromatic nitrogens is 1. The van der Waals surface area contributed by atoms with Crippen molar-refractivity contribution in [2.24, 2.45) is 0 Å². The molecule has 0 bridgehead atoms. The van der Waals surface area contributed by atoms with Crippen molar-refractivity contribution in [1.82, 2.24) is 4.98 Å². The van der Waals surface area contributed by atoms with E-state index in [1.54, 1.807) is 5.51 Å². The van der Waals surface area contributed by atoms with Crippen LogP contribution in [0.5, 0.6) is 5.75 Å². The molecule has 1 heterocycles. The third-order valence-corrected chi connectivity index (χ3v) is 3.58. The summed E-state index contributed by atoms with van der Waals surface area (Å²) < 4.78 is 5.57. The average Bonchev–Trinajstić information content (AvgIpc) is 2.75. The van der Waals surface area contributed by atoms with Crippen LogP contribution in [-0.2, 0) is 0 Å². The summed E-state index contributed by atoms with van der Waals surface area (Å²) >= 11 is 1.47. The zero-order chi connectivity index (χ0) is 13.1. The first-order valence-electron chi connectivity index (χ1n) is 5.92. The van der Waals surface area contributed by atoms with Crippen molar-refractivity contribution in [2.75, 3.05) is 0 Å². The van der Waals surface area contributed by atoms with Gasteiger partial charge in [-0.2, -0.15) is 0 Å². The fourth-order valence-corrected chi connectivity index (χ4v) is 2.54. The van der Waals surface area contributed by atoms with E-state index >= 15 is 0 Å². The second-order valence-corrected chi connectivity index (χ2v) is 5.33. The first-order valence-corrected chi connectivity index (χ1v) is 6.80. The number of nitrogens with zero attached hydrogens (tertiary/aromatic N) is 1. The Morgan fingerprint density at radius 1 is 1.22 bits per heavy atom. The number of benzene rings is 1. The number of hydrogen-bond acceptors (Lipinski definition) is 4. The molecular weight excluding hydrogens is 246 g/mol.